The van der Waals surface area contributed by atoms with Gasteiger partial charge in [0.1, 0.15) is 0 Å². The van der Waals surface area contributed by atoms with Gasteiger partial charge < -0.3 is 15.7 Å². The average molecular weight is 242 g/mol. The van der Waals surface area contributed by atoms with Crippen molar-refractivity contribution in [1.29, 1.82) is 0 Å². The first-order valence-electron chi connectivity index (χ1n) is 7.36. The van der Waals surface area contributed by atoms with E-state index in [9.17, 15) is 5.11 Å². The quantitative estimate of drug-likeness (QED) is 0.672. The van der Waals surface area contributed by atoms with E-state index in [1.165, 1.54) is 38.5 Å². The molecule has 0 bridgehead atoms. The number of nitrogens with two attached hydrogens (primary N) is 1. The van der Waals surface area contributed by atoms with Crippen LogP contribution in [0.2, 0.25) is 0 Å². The molecule has 3 heteroatoms. The van der Waals surface area contributed by atoms with Gasteiger partial charge >= 0.3 is 0 Å². The number of hydrogen-bond acceptors (Lipinski definition) is 3. The third kappa shape index (κ3) is 6.39. The molecule has 3 N–H and O–H groups in total. The summed E-state index contributed by atoms with van der Waals surface area (Å²) in [5, 5.41) is 9.43. The molecule has 0 aromatic heterocycles. The molecule has 1 rings (SSSR count). The van der Waals surface area contributed by atoms with E-state index in [2.05, 4.69) is 4.90 Å². The molecule has 0 saturated heterocycles. The molecule has 1 saturated carbocycles. The van der Waals surface area contributed by atoms with Gasteiger partial charge in [-0.05, 0) is 45.7 Å². The first kappa shape index (κ1) is 14.9. The highest BCUT2D eigenvalue weighted by Gasteiger charge is 2.19. The summed E-state index contributed by atoms with van der Waals surface area (Å²) in [7, 11) is 0. The second-order valence-corrected chi connectivity index (χ2v) is 5.46. The third-order valence-electron chi connectivity index (χ3n) is 3.82. The second kappa shape index (κ2) is 8.90. The maximum Gasteiger partial charge on any atom is 0.0524 e. The highest BCUT2D eigenvalue weighted by molar-refractivity contribution is 4.75. The van der Waals surface area contributed by atoms with Crippen LogP contribution in [0.25, 0.3) is 0 Å². The third-order valence-corrected chi connectivity index (χ3v) is 3.82. The maximum absolute atomic E-state index is 9.43. The van der Waals surface area contributed by atoms with Crippen molar-refractivity contribution < 1.29 is 5.11 Å². The van der Waals surface area contributed by atoms with Gasteiger partial charge in [0.05, 0.1) is 6.10 Å². The van der Waals surface area contributed by atoms with Crippen LogP contribution in [0.15, 0.2) is 0 Å². The van der Waals surface area contributed by atoms with Gasteiger partial charge in [-0.2, -0.15) is 0 Å². The number of aliphatic hydroxyl groups is 1. The molecule has 0 aromatic rings. The summed E-state index contributed by atoms with van der Waals surface area (Å²) in [5.74, 6) is 0. The zero-order valence-electron chi connectivity index (χ0n) is 11.4. The number of hydrogen-bond donors (Lipinski definition) is 2. The normalized spacial score (nSPS) is 20.5. The van der Waals surface area contributed by atoms with Crippen LogP contribution in [0.1, 0.15) is 58.3 Å². The van der Waals surface area contributed by atoms with Crippen LogP contribution in [0.5, 0.6) is 0 Å². The molecule has 1 unspecified atom stereocenters. The lowest BCUT2D eigenvalue weighted by molar-refractivity contribution is 0.126. The van der Waals surface area contributed by atoms with Crippen molar-refractivity contribution in [3.05, 3.63) is 0 Å². The lowest BCUT2D eigenvalue weighted by Crippen LogP contribution is -2.38. The molecule has 1 aliphatic rings. The fourth-order valence-electron chi connectivity index (χ4n) is 2.75. The van der Waals surface area contributed by atoms with Crippen molar-refractivity contribution in [2.45, 2.75) is 70.4 Å². The Morgan fingerprint density at radius 2 is 1.82 bits per heavy atom. The van der Waals surface area contributed by atoms with Crippen molar-refractivity contribution in [3.63, 3.8) is 0 Å². The van der Waals surface area contributed by atoms with Gasteiger partial charge in [-0.3, -0.25) is 0 Å². The Hall–Kier alpha value is -0.120. The number of aliphatic hydroxyl groups excluding tert-OH is 1. The molecule has 0 radical (unpaired) electrons. The van der Waals surface area contributed by atoms with Gasteiger partial charge in [0.25, 0.3) is 0 Å². The SMILES string of the molecule is CC(O)CCN(CCCN)C1CCCCCC1. The maximum atomic E-state index is 9.43. The first-order valence-corrected chi connectivity index (χ1v) is 7.36. The van der Waals surface area contributed by atoms with Gasteiger partial charge in [0.15, 0.2) is 0 Å². The van der Waals surface area contributed by atoms with Crippen molar-refractivity contribution in [1.82, 2.24) is 4.90 Å². The van der Waals surface area contributed by atoms with Gasteiger partial charge in [-0.1, -0.05) is 25.7 Å². The Balaban J connectivity index is 2.40. The van der Waals surface area contributed by atoms with E-state index in [0.717, 1.165) is 38.5 Å². The van der Waals surface area contributed by atoms with Crippen LogP contribution in [0.4, 0.5) is 0 Å². The van der Waals surface area contributed by atoms with E-state index in [1.54, 1.807) is 0 Å². The fourth-order valence-corrected chi connectivity index (χ4v) is 2.75. The smallest absolute Gasteiger partial charge is 0.0524 e. The number of rotatable bonds is 7. The molecule has 0 aliphatic heterocycles. The predicted octanol–water partition coefficient (Wildman–Crippen LogP) is 2.13. The standard InChI is InChI=1S/C14H30N2O/c1-13(17)9-12-16(11-6-10-15)14-7-4-2-3-5-8-14/h13-14,17H,2-12,15H2,1H3. The highest BCUT2D eigenvalue weighted by Crippen LogP contribution is 2.22. The summed E-state index contributed by atoms with van der Waals surface area (Å²) in [6, 6.07) is 0.739. The minimum absolute atomic E-state index is 0.179. The molecular weight excluding hydrogens is 212 g/mol. The van der Waals surface area contributed by atoms with E-state index < -0.39 is 0 Å². The molecule has 1 aliphatic carbocycles. The monoisotopic (exact) mass is 242 g/mol. The van der Waals surface area contributed by atoms with Gasteiger partial charge in [0.2, 0.25) is 0 Å². The summed E-state index contributed by atoms with van der Waals surface area (Å²) in [6.45, 7) is 4.79. The van der Waals surface area contributed by atoms with Crippen LogP contribution in [-0.4, -0.2) is 41.8 Å². The van der Waals surface area contributed by atoms with Crippen molar-refractivity contribution in [2.75, 3.05) is 19.6 Å². The molecule has 0 heterocycles. The van der Waals surface area contributed by atoms with Crippen molar-refractivity contribution in [2.24, 2.45) is 5.73 Å². The van der Waals surface area contributed by atoms with Crippen molar-refractivity contribution >= 4 is 0 Å². The molecule has 0 spiro atoms. The van der Waals surface area contributed by atoms with E-state index >= 15 is 0 Å². The van der Waals surface area contributed by atoms with Crippen LogP contribution in [-0.2, 0) is 0 Å². The molecule has 17 heavy (non-hydrogen) atoms. The zero-order chi connectivity index (χ0) is 12.5. The number of nitrogens with zero attached hydrogens (tertiary/aromatic N) is 1. The van der Waals surface area contributed by atoms with E-state index in [0.29, 0.717) is 0 Å². The topological polar surface area (TPSA) is 49.5 Å². The Kier molecular flexibility index (Phi) is 7.82. The predicted molar refractivity (Wildman–Crippen MR) is 73.0 cm³/mol. The van der Waals surface area contributed by atoms with Gasteiger partial charge in [-0.25, -0.2) is 0 Å². The van der Waals surface area contributed by atoms with Crippen LogP contribution in [0, 0.1) is 0 Å². The minimum atomic E-state index is -0.179. The Labute approximate surface area is 106 Å². The van der Waals surface area contributed by atoms with E-state index in [4.69, 9.17) is 5.73 Å². The summed E-state index contributed by atoms with van der Waals surface area (Å²) < 4.78 is 0. The Morgan fingerprint density at radius 1 is 1.18 bits per heavy atom. The molecule has 1 atom stereocenters. The van der Waals surface area contributed by atoms with Crippen LogP contribution < -0.4 is 5.73 Å². The molecule has 1 fully saturated rings. The van der Waals surface area contributed by atoms with Crippen LogP contribution >= 0.6 is 0 Å². The fraction of sp³-hybridized carbons (Fsp3) is 1.00. The van der Waals surface area contributed by atoms with E-state index in [1.807, 2.05) is 6.92 Å². The molecular formula is C14H30N2O. The molecule has 102 valence electrons. The molecule has 3 nitrogen and oxygen atoms in total. The van der Waals surface area contributed by atoms with Gasteiger partial charge in [0, 0.05) is 12.6 Å². The van der Waals surface area contributed by atoms with Crippen LogP contribution in [0.3, 0.4) is 0 Å². The summed E-state index contributed by atoms with van der Waals surface area (Å²) >= 11 is 0. The van der Waals surface area contributed by atoms with Gasteiger partial charge in [-0.15, -0.1) is 0 Å². The highest BCUT2D eigenvalue weighted by atomic mass is 16.3. The largest absolute Gasteiger partial charge is 0.393 e. The van der Waals surface area contributed by atoms with E-state index in [-0.39, 0.29) is 6.10 Å². The first-order chi connectivity index (χ1) is 8.24. The lowest BCUT2D eigenvalue weighted by Gasteiger charge is -2.31. The summed E-state index contributed by atoms with van der Waals surface area (Å²) in [6.07, 6.45) is 10.0. The Bertz CT molecular complexity index is 177. The summed E-state index contributed by atoms with van der Waals surface area (Å²) in [4.78, 5) is 2.57. The molecule has 0 amide bonds. The second-order valence-electron chi connectivity index (χ2n) is 5.46. The Morgan fingerprint density at radius 3 is 2.35 bits per heavy atom. The minimum Gasteiger partial charge on any atom is -0.393 e. The van der Waals surface area contributed by atoms with Crippen molar-refractivity contribution in [3.8, 4) is 0 Å². The average Bonchev–Trinajstić information content (AvgIpc) is 2.57. The molecule has 0 aromatic carbocycles. The summed E-state index contributed by atoms with van der Waals surface area (Å²) in [5.41, 5.74) is 5.62. The lowest BCUT2D eigenvalue weighted by atomic mass is 10.1. The zero-order valence-corrected chi connectivity index (χ0v) is 11.4.